The number of primary amides is 1. The Hall–Kier alpha value is -1.71. The van der Waals surface area contributed by atoms with Crippen LogP contribution in [0.3, 0.4) is 0 Å². The van der Waals surface area contributed by atoms with Gasteiger partial charge in [-0.25, -0.2) is 0 Å². The van der Waals surface area contributed by atoms with Crippen LogP contribution in [0.1, 0.15) is 11.1 Å². The van der Waals surface area contributed by atoms with Gasteiger partial charge in [0.25, 0.3) is 0 Å². The van der Waals surface area contributed by atoms with Crippen LogP contribution in [0.15, 0.2) is 12.1 Å². The monoisotopic (exact) mass is 207 g/mol. The molecule has 80 valence electrons. The number of aryl methyl sites for hydroxylation is 1. The number of hydrogen-bond acceptors (Lipinski definition) is 3. The van der Waals surface area contributed by atoms with Gasteiger partial charge in [-0.05, 0) is 30.2 Å². The number of ether oxygens (including phenoxy) is 2. The quantitative estimate of drug-likeness (QED) is 0.780. The highest BCUT2D eigenvalue weighted by Crippen LogP contribution is 2.32. The summed E-state index contributed by atoms with van der Waals surface area (Å²) in [5.41, 5.74) is 7.05. The third kappa shape index (κ3) is 2.03. The van der Waals surface area contributed by atoms with E-state index in [9.17, 15) is 4.79 Å². The first-order chi connectivity index (χ1) is 7.16. The van der Waals surface area contributed by atoms with Gasteiger partial charge in [-0.3, -0.25) is 4.79 Å². The molecule has 0 saturated heterocycles. The van der Waals surface area contributed by atoms with Crippen LogP contribution in [-0.2, 0) is 11.2 Å². The summed E-state index contributed by atoms with van der Waals surface area (Å²) in [5.74, 6) is 1.10. The van der Waals surface area contributed by atoms with E-state index < -0.39 is 0 Å². The van der Waals surface area contributed by atoms with Crippen LogP contribution < -0.4 is 15.2 Å². The average molecular weight is 207 g/mol. The number of hydrogen-bond donors (Lipinski definition) is 1. The molecule has 0 unspecified atom stereocenters. The van der Waals surface area contributed by atoms with E-state index in [4.69, 9.17) is 15.2 Å². The average Bonchev–Trinajstić information content (AvgIpc) is 2.18. The zero-order valence-electron chi connectivity index (χ0n) is 8.58. The van der Waals surface area contributed by atoms with Crippen molar-refractivity contribution in [3.8, 4) is 11.5 Å². The molecule has 2 N–H and O–H groups in total. The lowest BCUT2D eigenvalue weighted by molar-refractivity contribution is -0.117. The third-order valence-corrected chi connectivity index (χ3v) is 2.37. The van der Waals surface area contributed by atoms with Crippen molar-refractivity contribution >= 4 is 5.91 Å². The van der Waals surface area contributed by atoms with Crippen LogP contribution in [-0.4, -0.2) is 19.1 Å². The zero-order chi connectivity index (χ0) is 10.8. The highest BCUT2D eigenvalue weighted by atomic mass is 16.6. The van der Waals surface area contributed by atoms with E-state index in [2.05, 4.69) is 0 Å². The second-order valence-corrected chi connectivity index (χ2v) is 3.57. The van der Waals surface area contributed by atoms with Gasteiger partial charge in [0.15, 0.2) is 11.5 Å². The summed E-state index contributed by atoms with van der Waals surface area (Å²) in [7, 11) is 0. The van der Waals surface area contributed by atoms with Crippen molar-refractivity contribution in [1.29, 1.82) is 0 Å². The van der Waals surface area contributed by atoms with Crippen molar-refractivity contribution in [2.24, 2.45) is 5.73 Å². The maximum Gasteiger partial charge on any atom is 0.221 e. The summed E-state index contributed by atoms with van der Waals surface area (Å²) in [4.78, 5) is 10.8. The Morgan fingerprint density at radius 1 is 1.33 bits per heavy atom. The van der Waals surface area contributed by atoms with Crippen molar-refractivity contribution in [3.05, 3.63) is 23.3 Å². The predicted octanol–water partition coefficient (Wildman–Crippen LogP) is 0.794. The minimum atomic E-state index is -0.338. The lowest BCUT2D eigenvalue weighted by Crippen LogP contribution is -2.17. The predicted molar refractivity (Wildman–Crippen MR) is 55.1 cm³/mol. The molecule has 1 aliphatic heterocycles. The fraction of sp³-hybridized carbons (Fsp3) is 0.364. The number of carbonyl (C=O) groups excluding carboxylic acids is 1. The van der Waals surface area contributed by atoms with Crippen molar-refractivity contribution in [2.75, 3.05) is 13.2 Å². The second-order valence-electron chi connectivity index (χ2n) is 3.57. The van der Waals surface area contributed by atoms with Gasteiger partial charge >= 0.3 is 0 Å². The first-order valence-electron chi connectivity index (χ1n) is 4.84. The molecule has 15 heavy (non-hydrogen) atoms. The normalized spacial score (nSPS) is 13.7. The van der Waals surface area contributed by atoms with Crippen molar-refractivity contribution in [1.82, 2.24) is 0 Å². The third-order valence-electron chi connectivity index (χ3n) is 2.37. The Labute approximate surface area is 88.0 Å². The largest absolute Gasteiger partial charge is 0.486 e. The van der Waals surface area contributed by atoms with Crippen LogP contribution >= 0.6 is 0 Å². The molecule has 1 aromatic carbocycles. The van der Waals surface area contributed by atoms with E-state index in [-0.39, 0.29) is 12.3 Å². The molecule has 0 atom stereocenters. The van der Waals surface area contributed by atoms with Gasteiger partial charge < -0.3 is 15.2 Å². The van der Waals surface area contributed by atoms with Crippen LogP contribution in [0.25, 0.3) is 0 Å². The maximum atomic E-state index is 10.8. The molecule has 1 aliphatic rings. The molecule has 0 aliphatic carbocycles. The molecule has 0 bridgehead atoms. The van der Waals surface area contributed by atoms with Gasteiger partial charge in [0.1, 0.15) is 13.2 Å². The first-order valence-corrected chi connectivity index (χ1v) is 4.84. The standard InChI is InChI=1S/C11H13NO3/c1-7-4-9-10(15-3-2-14-9)5-8(7)6-11(12)13/h4-5H,2-3,6H2,1H3,(H2,12,13). The Kier molecular flexibility index (Phi) is 2.49. The molecular formula is C11H13NO3. The lowest BCUT2D eigenvalue weighted by atomic mass is 10.0. The number of nitrogens with two attached hydrogens (primary N) is 1. The van der Waals surface area contributed by atoms with Crippen LogP contribution in [0, 0.1) is 6.92 Å². The Morgan fingerprint density at radius 3 is 2.53 bits per heavy atom. The Bertz CT molecular complexity index is 401. The zero-order valence-corrected chi connectivity index (χ0v) is 8.58. The Balaban J connectivity index is 2.36. The fourth-order valence-corrected chi connectivity index (χ4v) is 1.61. The highest BCUT2D eigenvalue weighted by molar-refractivity contribution is 5.77. The molecule has 0 aromatic heterocycles. The molecule has 1 aromatic rings. The molecule has 1 heterocycles. The topological polar surface area (TPSA) is 61.6 Å². The summed E-state index contributed by atoms with van der Waals surface area (Å²) < 4.78 is 10.8. The van der Waals surface area contributed by atoms with Crippen molar-refractivity contribution in [3.63, 3.8) is 0 Å². The van der Waals surface area contributed by atoms with Gasteiger partial charge in [-0.15, -0.1) is 0 Å². The summed E-state index contributed by atoms with van der Waals surface area (Å²) >= 11 is 0. The molecule has 4 nitrogen and oxygen atoms in total. The SMILES string of the molecule is Cc1cc2c(cc1CC(N)=O)OCCO2. The van der Waals surface area contributed by atoms with Gasteiger partial charge in [0.05, 0.1) is 6.42 Å². The van der Waals surface area contributed by atoms with Gasteiger partial charge in [-0.2, -0.15) is 0 Å². The number of rotatable bonds is 2. The van der Waals surface area contributed by atoms with E-state index in [1.165, 1.54) is 0 Å². The molecule has 1 amide bonds. The molecule has 0 fully saturated rings. The highest BCUT2D eigenvalue weighted by Gasteiger charge is 2.14. The van der Waals surface area contributed by atoms with Crippen molar-refractivity contribution < 1.29 is 14.3 Å². The van der Waals surface area contributed by atoms with E-state index in [0.29, 0.717) is 19.0 Å². The summed E-state index contributed by atoms with van der Waals surface area (Å²) in [6.45, 7) is 3.05. The Morgan fingerprint density at radius 2 is 1.93 bits per heavy atom. The van der Waals surface area contributed by atoms with E-state index in [1.807, 2.05) is 19.1 Å². The molecule has 4 heteroatoms. The summed E-state index contributed by atoms with van der Waals surface area (Å²) in [5, 5.41) is 0. The molecule has 0 spiro atoms. The van der Waals surface area contributed by atoms with Gasteiger partial charge in [0.2, 0.25) is 5.91 Å². The number of fused-ring (bicyclic) bond motifs is 1. The lowest BCUT2D eigenvalue weighted by Gasteiger charge is -2.20. The summed E-state index contributed by atoms with van der Waals surface area (Å²) in [6.07, 6.45) is 0.239. The van der Waals surface area contributed by atoms with E-state index in [0.717, 1.165) is 16.9 Å². The van der Waals surface area contributed by atoms with E-state index >= 15 is 0 Å². The smallest absolute Gasteiger partial charge is 0.221 e. The van der Waals surface area contributed by atoms with Crippen molar-refractivity contribution in [2.45, 2.75) is 13.3 Å². The minimum absolute atomic E-state index is 0.239. The first kappa shape index (κ1) is 9.83. The molecular weight excluding hydrogens is 194 g/mol. The molecule has 0 radical (unpaired) electrons. The number of amides is 1. The minimum Gasteiger partial charge on any atom is -0.486 e. The van der Waals surface area contributed by atoms with Crippen LogP contribution in [0.4, 0.5) is 0 Å². The van der Waals surface area contributed by atoms with Gasteiger partial charge in [-0.1, -0.05) is 0 Å². The number of carbonyl (C=O) groups is 1. The maximum absolute atomic E-state index is 10.8. The van der Waals surface area contributed by atoms with Crippen LogP contribution in [0.5, 0.6) is 11.5 Å². The number of benzene rings is 1. The fourth-order valence-electron chi connectivity index (χ4n) is 1.61. The summed E-state index contributed by atoms with van der Waals surface area (Å²) in [6, 6.07) is 3.71. The second kappa shape index (κ2) is 3.81. The molecule has 2 rings (SSSR count). The van der Waals surface area contributed by atoms with Gasteiger partial charge in [0, 0.05) is 0 Å². The van der Waals surface area contributed by atoms with E-state index in [1.54, 1.807) is 0 Å². The molecule has 0 saturated carbocycles. The van der Waals surface area contributed by atoms with Crippen LogP contribution in [0.2, 0.25) is 0 Å².